The minimum atomic E-state index is -0.0677. The lowest BCUT2D eigenvalue weighted by Crippen LogP contribution is -2.54. The summed E-state index contributed by atoms with van der Waals surface area (Å²) in [6.07, 6.45) is 5.79. The van der Waals surface area contributed by atoms with Gasteiger partial charge in [0.25, 0.3) is 0 Å². The lowest BCUT2D eigenvalue weighted by Gasteiger charge is -2.38. The molecule has 2 atom stereocenters. The molecule has 2 aliphatic heterocycles. The van der Waals surface area contributed by atoms with Gasteiger partial charge in [0.1, 0.15) is 5.82 Å². The Balaban J connectivity index is 1.36. The molecule has 7 heteroatoms. The maximum absolute atomic E-state index is 12.8. The fourth-order valence-corrected chi connectivity index (χ4v) is 4.29. The van der Waals surface area contributed by atoms with Gasteiger partial charge in [0.05, 0.1) is 5.69 Å². The zero-order valence-electron chi connectivity index (χ0n) is 15.7. The first kappa shape index (κ1) is 17.1. The van der Waals surface area contributed by atoms with E-state index in [9.17, 15) is 4.79 Å². The Bertz CT molecular complexity index is 1010. The highest BCUT2D eigenvalue weighted by molar-refractivity contribution is 5.93. The highest BCUT2D eigenvalue weighted by Crippen LogP contribution is 2.29. The number of amides is 2. The van der Waals surface area contributed by atoms with Gasteiger partial charge in [0, 0.05) is 48.5 Å². The number of nitrogens with zero attached hydrogens (tertiary/aromatic N) is 5. The molecule has 2 aliphatic rings. The molecular formula is C21H22N6O. The van der Waals surface area contributed by atoms with Crippen molar-refractivity contribution in [2.24, 2.45) is 0 Å². The zero-order valence-corrected chi connectivity index (χ0v) is 15.7. The molecule has 0 radical (unpaired) electrons. The maximum Gasteiger partial charge on any atom is 0.323 e. The molecule has 4 heterocycles. The predicted molar refractivity (Wildman–Crippen MR) is 108 cm³/mol. The molecule has 142 valence electrons. The van der Waals surface area contributed by atoms with E-state index < -0.39 is 0 Å². The van der Waals surface area contributed by atoms with Crippen LogP contribution in [-0.2, 0) is 0 Å². The van der Waals surface area contributed by atoms with Gasteiger partial charge >= 0.3 is 6.03 Å². The SMILES string of the molecule is CN1C2CCC1CN(C(=O)Nc1cc3cc(-c4cccnn4)ccc3cn1)C2. The van der Waals surface area contributed by atoms with Crippen LogP contribution in [0.25, 0.3) is 22.0 Å². The molecule has 2 saturated heterocycles. The van der Waals surface area contributed by atoms with Gasteiger partial charge in [-0.1, -0.05) is 12.1 Å². The molecule has 7 nitrogen and oxygen atoms in total. The molecular weight excluding hydrogens is 352 g/mol. The number of hydrogen-bond acceptors (Lipinski definition) is 5. The second kappa shape index (κ2) is 6.83. The van der Waals surface area contributed by atoms with Gasteiger partial charge in [-0.3, -0.25) is 10.2 Å². The molecule has 5 rings (SSSR count). The summed E-state index contributed by atoms with van der Waals surface area (Å²) in [6.45, 7) is 1.56. The number of likely N-dealkylation sites (tertiary alicyclic amines) is 1. The summed E-state index contributed by atoms with van der Waals surface area (Å²) in [7, 11) is 2.16. The Morgan fingerprint density at radius 2 is 1.93 bits per heavy atom. The molecule has 3 aromatic rings. The molecule has 0 saturated carbocycles. The second-order valence-electron chi connectivity index (χ2n) is 7.63. The van der Waals surface area contributed by atoms with E-state index >= 15 is 0 Å². The lowest BCUT2D eigenvalue weighted by molar-refractivity contribution is 0.110. The van der Waals surface area contributed by atoms with Crippen LogP contribution in [-0.4, -0.2) is 63.2 Å². The molecule has 2 aromatic heterocycles. The molecule has 1 N–H and O–H groups in total. The molecule has 2 unspecified atom stereocenters. The largest absolute Gasteiger partial charge is 0.323 e. The fraction of sp³-hybridized carbons (Fsp3) is 0.333. The highest BCUT2D eigenvalue weighted by Gasteiger charge is 2.39. The fourth-order valence-electron chi connectivity index (χ4n) is 4.29. The predicted octanol–water partition coefficient (Wildman–Crippen LogP) is 3.00. The number of rotatable bonds is 2. The van der Waals surface area contributed by atoms with E-state index in [4.69, 9.17) is 0 Å². The van der Waals surface area contributed by atoms with E-state index in [0.717, 1.165) is 35.1 Å². The average Bonchev–Trinajstić information content (AvgIpc) is 2.93. The molecule has 2 bridgehead atoms. The summed E-state index contributed by atoms with van der Waals surface area (Å²) in [5, 5.41) is 13.1. The molecule has 1 aromatic carbocycles. The van der Waals surface area contributed by atoms with Gasteiger partial charge in [0.15, 0.2) is 0 Å². The Morgan fingerprint density at radius 1 is 1.11 bits per heavy atom. The van der Waals surface area contributed by atoms with Crippen LogP contribution in [0.5, 0.6) is 0 Å². The van der Waals surface area contributed by atoms with Crippen molar-refractivity contribution in [2.75, 3.05) is 25.5 Å². The van der Waals surface area contributed by atoms with Crippen LogP contribution in [0.3, 0.4) is 0 Å². The van der Waals surface area contributed by atoms with Crippen molar-refractivity contribution in [1.82, 2.24) is 25.0 Å². The number of urea groups is 1. The van der Waals surface area contributed by atoms with Crippen molar-refractivity contribution < 1.29 is 4.79 Å². The quantitative estimate of drug-likeness (QED) is 0.746. The monoisotopic (exact) mass is 374 g/mol. The topological polar surface area (TPSA) is 74.2 Å². The van der Waals surface area contributed by atoms with Crippen LogP contribution >= 0.6 is 0 Å². The first-order valence-electron chi connectivity index (χ1n) is 9.63. The van der Waals surface area contributed by atoms with Crippen molar-refractivity contribution in [1.29, 1.82) is 0 Å². The first-order valence-corrected chi connectivity index (χ1v) is 9.63. The minimum absolute atomic E-state index is 0.0677. The van der Waals surface area contributed by atoms with Crippen molar-refractivity contribution in [3.63, 3.8) is 0 Å². The van der Waals surface area contributed by atoms with Crippen LogP contribution < -0.4 is 5.32 Å². The standard InChI is InChI=1S/C21H22N6O/c1-26-17-6-7-18(26)13-27(12-17)21(28)24-20-10-16-9-14(4-5-15(16)11-22-20)19-3-2-8-23-25-19/h2-5,8-11,17-18H,6-7,12-13H2,1H3,(H,22,24,28). The Kier molecular flexibility index (Phi) is 4.16. The van der Waals surface area contributed by atoms with Gasteiger partial charge in [-0.05, 0) is 49.5 Å². The molecule has 0 aliphatic carbocycles. The number of aromatic nitrogens is 3. The number of pyridine rings is 1. The average molecular weight is 374 g/mol. The van der Waals surface area contributed by atoms with Gasteiger partial charge in [-0.25, -0.2) is 9.78 Å². The number of hydrogen-bond donors (Lipinski definition) is 1. The normalized spacial score (nSPS) is 21.8. The second-order valence-corrected chi connectivity index (χ2v) is 7.63. The Labute approximate surface area is 163 Å². The van der Waals surface area contributed by atoms with Gasteiger partial charge in [0.2, 0.25) is 0 Å². The van der Waals surface area contributed by atoms with Crippen molar-refractivity contribution in [3.05, 3.63) is 48.8 Å². The highest BCUT2D eigenvalue weighted by atomic mass is 16.2. The Morgan fingerprint density at radius 3 is 2.68 bits per heavy atom. The maximum atomic E-state index is 12.8. The minimum Gasteiger partial charge on any atom is -0.321 e. The third-order valence-corrected chi connectivity index (χ3v) is 5.96. The zero-order chi connectivity index (χ0) is 19.1. The van der Waals surface area contributed by atoms with Crippen molar-refractivity contribution in [3.8, 4) is 11.3 Å². The van der Waals surface area contributed by atoms with Crippen LogP contribution in [0.15, 0.2) is 48.8 Å². The summed E-state index contributed by atoms with van der Waals surface area (Å²) in [6, 6.07) is 12.7. The number of fused-ring (bicyclic) bond motifs is 3. The van der Waals surface area contributed by atoms with E-state index in [0.29, 0.717) is 17.9 Å². The first-order chi connectivity index (χ1) is 13.7. The van der Waals surface area contributed by atoms with E-state index in [-0.39, 0.29) is 6.03 Å². The summed E-state index contributed by atoms with van der Waals surface area (Å²) in [5.41, 5.74) is 1.81. The van der Waals surface area contributed by atoms with Gasteiger partial charge in [-0.15, -0.1) is 0 Å². The number of nitrogens with one attached hydrogen (secondary N) is 1. The van der Waals surface area contributed by atoms with Crippen molar-refractivity contribution in [2.45, 2.75) is 24.9 Å². The number of likely N-dealkylation sites (N-methyl/N-ethyl adjacent to an activating group) is 1. The van der Waals surface area contributed by atoms with Crippen LogP contribution in [0.2, 0.25) is 0 Å². The van der Waals surface area contributed by atoms with E-state index in [1.807, 2.05) is 41.3 Å². The third kappa shape index (κ3) is 3.07. The number of carbonyl (C=O) groups is 1. The number of anilines is 1. The van der Waals surface area contributed by atoms with Gasteiger partial charge < -0.3 is 4.90 Å². The smallest absolute Gasteiger partial charge is 0.321 e. The summed E-state index contributed by atoms with van der Waals surface area (Å²) in [5.74, 6) is 0.570. The summed E-state index contributed by atoms with van der Waals surface area (Å²) < 4.78 is 0. The van der Waals surface area contributed by atoms with Crippen LogP contribution in [0.1, 0.15) is 12.8 Å². The lowest BCUT2D eigenvalue weighted by atomic mass is 10.1. The number of piperazine rings is 1. The van der Waals surface area contributed by atoms with E-state index in [2.05, 4.69) is 32.4 Å². The summed E-state index contributed by atoms with van der Waals surface area (Å²) >= 11 is 0. The Hall–Kier alpha value is -3.06. The van der Waals surface area contributed by atoms with Crippen LogP contribution in [0.4, 0.5) is 10.6 Å². The van der Waals surface area contributed by atoms with Crippen molar-refractivity contribution >= 4 is 22.6 Å². The number of benzene rings is 1. The summed E-state index contributed by atoms with van der Waals surface area (Å²) in [4.78, 5) is 21.5. The van der Waals surface area contributed by atoms with Crippen LogP contribution in [0, 0.1) is 0 Å². The van der Waals surface area contributed by atoms with E-state index in [1.165, 1.54) is 12.8 Å². The molecule has 2 amide bonds. The third-order valence-electron chi connectivity index (χ3n) is 5.96. The molecule has 0 spiro atoms. The number of carbonyl (C=O) groups excluding carboxylic acids is 1. The molecule has 28 heavy (non-hydrogen) atoms. The van der Waals surface area contributed by atoms with Gasteiger partial charge in [-0.2, -0.15) is 10.2 Å². The molecule has 2 fully saturated rings. The van der Waals surface area contributed by atoms with E-state index in [1.54, 1.807) is 12.4 Å².